The summed E-state index contributed by atoms with van der Waals surface area (Å²) in [5, 5.41) is 0. The second-order valence-corrected chi connectivity index (χ2v) is 13.9. The average Bonchev–Trinajstić information content (AvgIpc) is 3.25. The van der Waals surface area contributed by atoms with Crippen molar-refractivity contribution in [2.45, 2.75) is 79.1 Å². The van der Waals surface area contributed by atoms with Gasteiger partial charge in [-0.1, -0.05) is 115 Å². The minimum Gasteiger partial charge on any atom is -0.497 e. The maximum atomic E-state index is 11.9. The maximum Gasteiger partial charge on any atom is 0.123 e. The van der Waals surface area contributed by atoms with Crippen LogP contribution in [-0.2, 0) is 25.7 Å². The first-order valence-corrected chi connectivity index (χ1v) is 19.7. The zero-order chi connectivity index (χ0) is 39.1. The van der Waals surface area contributed by atoms with Crippen molar-refractivity contribution in [2.24, 2.45) is 0 Å². The van der Waals surface area contributed by atoms with Crippen LogP contribution in [0.4, 0.5) is 4.39 Å². The Morgan fingerprint density at radius 2 is 0.909 bits per heavy atom. The van der Waals surface area contributed by atoms with Crippen molar-refractivity contribution in [3.05, 3.63) is 196 Å². The number of aryl methyl sites for hydroxylation is 5. The van der Waals surface area contributed by atoms with E-state index in [2.05, 4.69) is 82.3 Å². The van der Waals surface area contributed by atoms with Gasteiger partial charge in [0.25, 0.3) is 0 Å². The highest BCUT2D eigenvalue weighted by molar-refractivity contribution is 5.42. The molecule has 0 aromatic heterocycles. The third-order valence-corrected chi connectivity index (χ3v) is 9.67. The number of hydrogen-bond acceptors (Lipinski definition) is 3. The highest BCUT2D eigenvalue weighted by Crippen LogP contribution is 2.28. The van der Waals surface area contributed by atoms with Crippen LogP contribution in [0, 0.1) is 33.5 Å². The van der Waals surface area contributed by atoms with E-state index in [4.69, 9.17) is 14.2 Å². The molecule has 2 heterocycles. The summed E-state index contributed by atoms with van der Waals surface area (Å²) in [6, 6.07) is 46.9. The molecule has 0 atom stereocenters. The van der Waals surface area contributed by atoms with Crippen molar-refractivity contribution in [2.75, 3.05) is 20.3 Å². The van der Waals surface area contributed by atoms with Gasteiger partial charge in [-0.05, 0) is 154 Å². The van der Waals surface area contributed by atoms with E-state index in [0.29, 0.717) is 0 Å². The molecule has 0 radical (unpaired) electrons. The molecule has 6 aromatic rings. The molecule has 55 heavy (non-hydrogen) atoms. The second-order valence-electron chi connectivity index (χ2n) is 13.9. The van der Waals surface area contributed by atoms with Crippen molar-refractivity contribution < 1.29 is 18.6 Å². The quantitative estimate of drug-likeness (QED) is 0.168. The SMILES string of the molecule is COc1ccccc1.Cc1ccc(C)c2c1CCCC2.Cc1cccc2c1CCCO2.Cc1ccccc1.Fc1ccccc1.c1ccc2c(c1)CCCO2. The van der Waals surface area contributed by atoms with E-state index in [-0.39, 0.29) is 5.82 Å². The molecule has 9 rings (SSSR count). The molecule has 0 amide bonds. The van der Waals surface area contributed by atoms with Gasteiger partial charge in [-0.3, -0.25) is 0 Å². The highest BCUT2D eigenvalue weighted by atomic mass is 19.1. The van der Waals surface area contributed by atoms with Crippen molar-refractivity contribution in [3.63, 3.8) is 0 Å². The van der Waals surface area contributed by atoms with Gasteiger partial charge in [0.2, 0.25) is 0 Å². The average molecular weight is 739 g/mol. The molecule has 3 aliphatic rings. The largest absolute Gasteiger partial charge is 0.497 e. The van der Waals surface area contributed by atoms with E-state index in [1.807, 2.05) is 60.7 Å². The van der Waals surface area contributed by atoms with Gasteiger partial charge in [-0.15, -0.1) is 0 Å². The van der Waals surface area contributed by atoms with Crippen molar-refractivity contribution >= 4 is 0 Å². The number of ether oxygens (including phenoxy) is 3. The Labute approximate surface area is 330 Å². The second kappa shape index (κ2) is 24.1. The first-order valence-electron chi connectivity index (χ1n) is 19.7. The summed E-state index contributed by atoms with van der Waals surface area (Å²) in [6.07, 6.45) is 10.1. The fraction of sp³-hybridized carbons (Fsp3) is 0.294. The molecule has 4 heteroatoms. The van der Waals surface area contributed by atoms with E-state index < -0.39 is 0 Å². The third-order valence-electron chi connectivity index (χ3n) is 9.67. The Morgan fingerprint density at radius 1 is 0.436 bits per heavy atom. The number of para-hydroxylation sites is 2. The molecule has 0 bridgehead atoms. The number of fused-ring (bicyclic) bond motifs is 3. The summed E-state index contributed by atoms with van der Waals surface area (Å²) < 4.78 is 27.7. The third kappa shape index (κ3) is 15.1. The van der Waals surface area contributed by atoms with Crippen LogP contribution >= 0.6 is 0 Å². The first kappa shape index (κ1) is 42.4. The van der Waals surface area contributed by atoms with Gasteiger partial charge in [0, 0.05) is 0 Å². The standard InChI is InChI=1S/C12H16.C10H12O.C9H10O.C7H8O.C7H8.C6H5F/c1-9-7-8-10(2)12-6-4-3-5-11(9)12;1-8-4-2-6-10-9(8)5-3-7-11-10;1-2-6-9-8(4-1)5-3-7-10-9;1-8-7-5-3-2-4-6-7;1-7-5-3-2-4-6-7;7-6-4-2-1-3-5-6/h7-8H,3-6H2,1-2H3;2,4,6H,3,5,7H2,1H3;1-2,4,6H,3,5,7H2;2-6H,1H3;2-6H,1H3;1-5H. The summed E-state index contributed by atoms with van der Waals surface area (Å²) in [7, 11) is 1.66. The topological polar surface area (TPSA) is 27.7 Å². The molecule has 1 aliphatic carbocycles. The van der Waals surface area contributed by atoms with Gasteiger partial charge in [0.1, 0.15) is 23.1 Å². The van der Waals surface area contributed by atoms with Crippen LogP contribution in [0.15, 0.2) is 146 Å². The van der Waals surface area contributed by atoms with Crippen molar-refractivity contribution in [1.82, 2.24) is 0 Å². The lowest BCUT2D eigenvalue weighted by molar-refractivity contribution is 0.288. The fourth-order valence-electron chi connectivity index (χ4n) is 6.59. The smallest absolute Gasteiger partial charge is 0.123 e. The number of halogens is 1. The summed E-state index contributed by atoms with van der Waals surface area (Å²) in [5.41, 5.74) is 11.7. The molecule has 6 aromatic carbocycles. The number of methoxy groups -OCH3 is 1. The van der Waals surface area contributed by atoms with Gasteiger partial charge >= 0.3 is 0 Å². The van der Waals surface area contributed by atoms with Gasteiger partial charge in [0.15, 0.2) is 0 Å². The molecule has 0 unspecified atom stereocenters. The molecular formula is C51H59FO3. The van der Waals surface area contributed by atoms with Crippen LogP contribution in [0.1, 0.15) is 70.2 Å². The predicted molar refractivity (Wildman–Crippen MR) is 228 cm³/mol. The Hall–Kier alpha value is -5.35. The van der Waals surface area contributed by atoms with E-state index in [1.54, 1.807) is 36.4 Å². The minimum absolute atomic E-state index is 0.178. The number of benzene rings is 6. The Morgan fingerprint density at radius 3 is 1.40 bits per heavy atom. The van der Waals surface area contributed by atoms with Gasteiger partial charge in [-0.2, -0.15) is 0 Å². The lowest BCUT2D eigenvalue weighted by Gasteiger charge is -2.19. The molecule has 288 valence electrons. The Balaban J connectivity index is 0.000000149. The summed E-state index contributed by atoms with van der Waals surface area (Å²) in [6.45, 7) is 10.5. The molecule has 0 spiro atoms. The van der Waals surface area contributed by atoms with Crippen LogP contribution in [0.3, 0.4) is 0 Å². The lowest BCUT2D eigenvalue weighted by atomic mass is 9.86. The Kier molecular flexibility index (Phi) is 18.6. The molecule has 0 saturated heterocycles. The molecule has 2 aliphatic heterocycles. The monoisotopic (exact) mass is 738 g/mol. The lowest BCUT2D eigenvalue weighted by Crippen LogP contribution is -2.09. The first-order chi connectivity index (χ1) is 26.9. The van der Waals surface area contributed by atoms with E-state index >= 15 is 0 Å². The van der Waals surface area contributed by atoms with Crippen LogP contribution < -0.4 is 14.2 Å². The zero-order valence-corrected chi connectivity index (χ0v) is 33.5. The highest BCUT2D eigenvalue weighted by Gasteiger charge is 2.13. The van der Waals surface area contributed by atoms with Gasteiger partial charge in [-0.25, -0.2) is 4.39 Å². The van der Waals surface area contributed by atoms with E-state index in [1.165, 1.54) is 84.0 Å². The minimum atomic E-state index is -0.178. The van der Waals surface area contributed by atoms with Gasteiger partial charge in [0.05, 0.1) is 20.3 Å². The molecule has 3 nitrogen and oxygen atoms in total. The molecule has 0 N–H and O–H groups in total. The summed E-state index contributed by atoms with van der Waals surface area (Å²) in [5.74, 6) is 2.90. The maximum absolute atomic E-state index is 11.9. The van der Waals surface area contributed by atoms with Gasteiger partial charge < -0.3 is 14.2 Å². The Bertz CT molecular complexity index is 1850. The predicted octanol–water partition coefficient (Wildman–Crippen LogP) is 13.0. The zero-order valence-electron chi connectivity index (χ0n) is 33.5. The van der Waals surface area contributed by atoms with Crippen LogP contribution in [0.2, 0.25) is 0 Å². The molecule has 0 saturated carbocycles. The van der Waals surface area contributed by atoms with Crippen LogP contribution in [0.5, 0.6) is 17.2 Å². The summed E-state index contributed by atoms with van der Waals surface area (Å²) in [4.78, 5) is 0. The van der Waals surface area contributed by atoms with E-state index in [0.717, 1.165) is 43.3 Å². The normalized spacial score (nSPS) is 12.8. The number of hydrogen-bond donors (Lipinski definition) is 0. The molecule has 0 fully saturated rings. The van der Waals surface area contributed by atoms with E-state index in [9.17, 15) is 4.39 Å². The summed E-state index contributed by atoms with van der Waals surface area (Å²) >= 11 is 0. The molecular weight excluding hydrogens is 680 g/mol. The fourth-order valence-corrected chi connectivity index (χ4v) is 6.59. The number of rotatable bonds is 1. The van der Waals surface area contributed by atoms with Crippen molar-refractivity contribution in [1.29, 1.82) is 0 Å². The van der Waals surface area contributed by atoms with Crippen molar-refractivity contribution in [3.8, 4) is 17.2 Å². The van der Waals surface area contributed by atoms with Crippen LogP contribution in [-0.4, -0.2) is 20.3 Å². The van der Waals surface area contributed by atoms with Crippen LogP contribution in [0.25, 0.3) is 0 Å².